The molecule has 2 unspecified atom stereocenters. The molecule has 0 saturated carbocycles. The van der Waals surface area contributed by atoms with Gasteiger partial charge < -0.3 is 14.6 Å². The molecule has 0 aliphatic carbocycles. The van der Waals surface area contributed by atoms with Crippen LogP contribution in [0.1, 0.15) is 65.7 Å². The summed E-state index contributed by atoms with van der Waals surface area (Å²) >= 11 is 0. The maximum Gasteiger partial charge on any atom is 0.331 e. The first-order chi connectivity index (χ1) is 16.6. The number of methoxy groups -OCH3 is 1. The van der Waals surface area contributed by atoms with Crippen LogP contribution in [0.4, 0.5) is 0 Å². The van der Waals surface area contributed by atoms with E-state index < -0.39 is 30.2 Å². The molecule has 2 rings (SSSR count). The van der Waals surface area contributed by atoms with Gasteiger partial charge in [0, 0.05) is 38.4 Å². The maximum atomic E-state index is 13.0. The molecule has 194 valence electrons. The number of esters is 1. The van der Waals surface area contributed by atoms with Crippen molar-refractivity contribution in [2.75, 3.05) is 7.11 Å². The minimum atomic E-state index is -0.803. The zero-order valence-corrected chi connectivity index (χ0v) is 21.2. The highest BCUT2D eigenvalue weighted by Crippen LogP contribution is 2.25. The number of aliphatic hydroxyl groups is 1. The highest BCUT2D eigenvalue weighted by Gasteiger charge is 2.31. The summed E-state index contributed by atoms with van der Waals surface area (Å²) in [5.74, 6) is -2.06. The molecule has 0 aromatic heterocycles. The van der Waals surface area contributed by atoms with Gasteiger partial charge in [-0.1, -0.05) is 38.2 Å². The predicted molar refractivity (Wildman–Crippen MR) is 131 cm³/mol. The number of hydrogen-bond acceptors (Lipinski definition) is 7. The number of cyclic esters (lactones) is 1. The van der Waals surface area contributed by atoms with Gasteiger partial charge in [0.1, 0.15) is 18.0 Å². The summed E-state index contributed by atoms with van der Waals surface area (Å²) in [6.45, 7) is 5.39. The molecule has 8 nitrogen and oxygen atoms in total. The summed E-state index contributed by atoms with van der Waals surface area (Å²) in [4.78, 5) is 48.6. The van der Waals surface area contributed by atoms with Crippen molar-refractivity contribution in [3.63, 3.8) is 0 Å². The van der Waals surface area contributed by atoms with Gasteiger partial charge in [-0.05, 0) is 44.1 Å². The zero-order chi connectivity index (χ0) is 26.0. The molecule has 2 heterocycles. The molecule has 0 aromatic carbocycles. The van der Waals surface area contributed by atoms with E-state index in [0.717, 1.165) is 0 Å². The minimum absolute atomic E-state index is 0.0524. The van der Waals surface area contributed by atoms with Gasteiger partial charge in [0.25, 0.3) is 0 Å². The van der Waals surface area contributed by atoms with Crippen molar-refractivity contribution in [2.24, 2.45) is 17.8 Å². The zero-order valence-electron chi connectivity index (χ0n) is 21.2. The number of allylic oxidation sites excluding steroid dienone is 2. The Hall–Kier alpha value is -2.58. The number of carbonyl (C=O) groups excluding carboxylic acids is 4. The Morgan fingerprint density at radius 1 is 1.20 bits per heavy atom. The summed E-state index contributed by atoms with van der Waals surface area (Å²) < 4.78 is 11.1. The average Bonchev–Trinajstić information content (AvgIpc) is 2.79. The van der Waals surface area contributed by atoms with Gasteiger partial charge in [0.15, 0.2) is 0 Å². The lowest BCUT2D eigenvalue weighted by atomic mass is 9.86. The Bertz CT molecular complexity index is 844. The summed E-state index contributed by atoms with van der Waals surface area (Å²) in [6.07, 6.45) is 9.96. The van der Waals surface area contributed by atoms with E-state index in [0.29, 0.717) is 44.1 Å². The van der Waals surface area contributed by atoms with Crippen LogP contribution in [0.15, 0.2) is 36.0 Å². The number of amides is 2. The van der Waals surface area contributed by atoms with Gasteiger partial charge in [0.05, 0.1) is 12.0 Å². The standard InChI is InChI=1S/C27H39NO7/c1-17-14-18(2)27(35-25(32)13-8-6-5-7-12-22(34-4)26(17)33)19(3)21(29)11-9-10-20-15-23(30)28-24(31)16-20/h7-8,12-14,17,19-20,22,26-27,33H,5-6,9-11,15-16H2,1-4H3,(H,28,30,31)/b12-7+,13-8+,18-14-/t17?,19?,22-,26-,27-/m0/s1. The molecule has 1 saturated heterocycles. The molecule has 0 aromatic rings. The van der Waals surface area contributed by atoms with Crippen molar-refractivity contribution in [3.8, 4) is 0 Å². The van der Waals surface area contributed by atoms with Gasteiger partial charge in [-0.2, -0.15) is 0 Å². The molecule has 2 aliphatic heterocycles. The van der Waals surface area contributed by atoms with Crippen molar-refractivity contribution in [1.82, 2.24) is 5.32 Å². The lowest BCUT2D eigenvalue weighted by Crippen LogP contribution is -2.38. The van der Waals surface area contributed by atoms with Gasteiger partial charge >= 0.3 is 5.97 Å². The monoisotopic (exact) mass is 489 g/mol. The van der Waals surface area contributed by atoms with Crippen LogP contribution in [0.2, 0.25) is 0 Å². The molecule has 1 fully saturated rings. The van der Waals surface area contributed by atoms with E-state index in [9.17, 15) is 24.3 Å². The summed E-state index contributed by atoms with van der Waals surface area (Å²) in [5.41, 5.74) is 0.685. The topological polar surface area (TPSA) is 119 Å². The largest absolute Gasteiger partial charge is 0.454 e. The maximum absolute atomic E-state index is 13.0. The van der Waals surface area contributed by atoms with Gasteiger partial charge in [0.2, 0.25) is 11.8 Å². The number of imide groups is 1. The fourth-order valence-electron chi connectivity index (χ4n) is 4.61. The molecule has 2 amide bonds. The number of aliphatic hydroxyl groups excluding tert-OH is 1. The Morgan fingerprint density at radius 2 is 1.86 bits per heavy atom. The highest BCUT2D eigenvalue weighted by molar-refractivity contribution is 5.97. The third kappa shape index (κ3) is 9.18. The Kier molecular flexibility index (Phi) is 11.5. The molecule has 0 radical (unpaired) electrons. The van der Waals surface area contributed by atoms with Crippen LogP contribution in [0.3, 0.4) is 0 Å². The lowest BCUT2D eigenvalue weighted by Gasteiger charge is -2.27. The second-order valence-electron chi connectivity index (χ2n) is 9.62. The van der Waals surface area contributed by atoms with Crippen molar-refractivity contribution in [1.29, 1.82) is 0 Å². The quantitative estimate of drug-likeness (QED) is 0.320. The number of ether oxygens (including phenoxy) is 2. The van der Waals surface area contributed by atoms with Gasteiger partial charge in [-0.15, -0.1) is 0 Å². The molecule has 2 aliphatic rings. The average molecular weight is 490 g/mol. The number of nitrogens with one attached hydrogen (secondary N) is 1. The smallest absolute Gasteiger partial charge is 0.331 e. The Labute approximate surface area is 207 Å². The number of carbonyl (C=O) groups is 4. The molecule has 2 N–H and O–H groups in total. The van der Waals surface area contributed by atoms with Gasteiger partial charge in [-0.3, -0.25) is 19.7 Å². The number of piperidine rings is 1. The first-order valence-corrected chi connectivity index (χ1v) is 12.4. The lowest BCUT2D eigenvalue weighted by molar-refractivity contribution is -0.145. The van der Waals surface area contributed by atoms with Gasteiger partial charge in [-0.25, -0.2) is 4.79 Å². The molecule has 0 spiro atoms. The number of ketones is 1. The van der Waals surface area contributed by atoms with Crippen molar-refractivity contribution >= 4 is 23.6 Å². The molecule has 0 bridgehead atoms. The van der Waals surface area contributed by atoms with Crippen molar-refractivity contribution < 1.29 is 33.8 Å². The van der Waals surface area contributed by atoms with Crippen molar-refractivity contribution in [2.45, 2.75) is 84.0 Å². The summed E-state index contributed by atoms with van der Waals surface area (Å²) in [6, 6.07) is 0. The minimum Gasteiger partial charge on any atom is -0.454 e. The third-order valence-corrected chi connectivity index (χ3v) is 6.67. The van der Waals surface area contributed by atoms with Crippen LogP contribution < -0.4 is 5.32 Å². The SMILES string of the molecule is CO[C@H]1/C=C/CC/C=C/C(=O)O[C@H](C(C)C(=O)CCCC2CC(=O)NC(=O)C2)/C(C)=C\C(C)[C@@H]1O. The number of hydrogen-bond donors (Lipinski definition) is 2. The fourth-order valence-corrected chi connectivity index (χ4v) is 4.61. The Morgan fingerprint density at radius 3 is 2.51 bits per heavy atom. The summed E-state index contributed by atoms with van der Waals surface area (Å²) in [7, 11) is 1.55. The van der Waals surface area contributed by atoms with Crippen LogP contribution >= 0.6 is 0 Å². The van der Waals surface area contributed by atoms with E-state index >= 15 is 0 Å². The van der Waals surface area contributed by atoms with Crippen LogP contribution in [-0.4, -0.2) is 54.1 Å². The van der Waals surface area contributed by atoms with E-state index in [1.807, 2.05) is 25.2 Å². The van der Waals surface area contributed by atoms with Crippen LogP contribution in [0, 0.1) is 17.8 Å². The first kappa shape index (κ1) is 28.7. The Balaban J connectivity index is 2.11. The first-order valence-electron chi connectivity index (χ1n) is 12.4. The van der Waals surface area contributed by atoms with Crippen LogP contribution in [-0.2, 0) is 28.7 Å². The normalized spacial score (nSPS) is 31.3. The molecule has 8 heteroatoms. The number of rotatable bonds is 7. The second kappa shape index (κ2) is 14.1. The highest BCUT2D eigenvalue weighted by atomic mass is 16.5. The predicted octanol–water partition coefficient (Wildman–Crippen LogP) is 3.19. The van der Waals surface area contributed by atoms with E-state index in [2.05, 4.69) is 5.32 Å². The molecule has 35 heavy (non-hydrogen) atoms. The molecule has 5 atom stereocenters. The van der Waals surface area contributed by atoms with E-state index in [4.69, 9.17) is 9.47 Å². The van der Waals surface area contributed by atoms with Crippen LogP contribution in [0.5, 0.6) is 0 Å². The van der Waals surface area contributed by atoms with E-state index in [1.165, 1.54) is 6.08 Å². The molecular weight excluding hydrogens is 450 g/mol. The fraction of sp³-hybridized carbons (Fsp3) is 0.630. The van der Waals surface area contributed by atoms with E-state index in [1.54, 1.807) is 27.0 Å². The van der Waals surface area contributed by atoms with Crippen LogP contribution in [0.25, 0.3) is 0 Å². The molecular formula is C27H39NO7. The number of Topliss-reactive ketones (excluding diaryl/α,β-unsaturated/α-hetero) is 1. The van der Waals surface area contributed by atoms with Crippen molar-refractivity contribution in [3.05, 3.63) is 36.0 Å². The second-order valence-corrected chi connectivity index (χ2v) is 9.62. The van der Waals surface area contributed by atoms with E-state index in [-0.39, 0.29) is 35.9 Å². The summed E-state index contributed by atoms with van der Waals surface area (Å²) in [5, 5.41) is 13.1. The third-order valence-electron chi connectivity index (χ3n) is 6.67.